The van der Waals surface area contributed by atoms with Gasteiger partial charge in [-0.2, -0.15) is 5.10 Å². The van der Waals surface area contributed by atoms with Crippen LogP contribution in [0.5, 0.6) is 0 Å². The Morgan fingerprint density at radius 1 is 1.50 bits per heavy atom. The van der Waals surface area contributed by atoms with E-state index in [-0.39, 0.29) is 0 Å². The fraction of sp³-hybridized carbons (Fsp3) is 0.750. The molecule has 0 spiro atoms. The van der Waals surface area contributed by atoms with Crippen molar-refractivity contribution in [2.24, 2.45) is 13.0 Å². The first-order valence-electron chi connectivity index (χ1n) is 6.05. The van der Waals surface area contributed by atoms with E-state index in [1.54, 1.807) is 0 Å². The molecule has 0 fully saturated rings. The van der Waals surface area contributed by atoms with E-state index in [0.717, 1.165) is 19.5 Å². The van der Waals surface area contributed by atoms with Crippen molar-refractivity contribution >= 4 is 0 Å². The van der Waals surface area contributed by atoms with Gasteiger partial charge in [-0.05, 0) is 25.3 Å². The molecule has 0 saturated carbocycles. The van der Waals surface area contributed by atoms with Crippen molar-refractivity contribution in [2.45, 2.75) is 32.7 Å². The zero-order valence-electron chi connectivity index (χ0n) is 10.3. The number of aliphatic hydroxyl groups is 1. The summed E-state index contributed by atoms with van der Waals surface area (Å²) in [7, 11) is 1.93. The maximum absolute atomic E-state index is 8.94. The summed E-state index contributed by atoms with van der Waals surface area (Å²) in [5.41, 5.74) is 1.21. The van der Waals surface area contributed by atoms with Crippen molar-refractivity contribution in [2.75, 3.05) is 13.2 Å². The fourth-order valence-electron chi connectivity index (χ4n) is 1.92. The van der Waals surface area contributed by atoms with E-state index in [1.165, 1.54) is 18.4 Å². The standard InChI is InChI=1S/C12H23N3O/c1-3-4-11(5-6-16)7-13-8-12-9-14-15(2)10-12/h9-11,13,16H,3-8H2,1-2H3. The summed E-state index contributed by atoms with van der Waals surface area (Å²) in [6.45, 7) is 4.31. The quantitative estimate of drug-likeness (QED) is 0.701. The van der Waals surface area contributed by atoms with Gasteiger partial charge in [0.15, 0.2) is 0 Å². The van der Waals surface area contributed by atoms with Crippen molar-refractivity contribution in [1.82, 2.24) is 15.1 Å². The highest BCUT2D eigenvalue weighted by atomic mass is 16.3. The molecule has 16 heavy (non-hydrogen) atoms. The molecule has 1 atom stereocenters. The number of hydrogen-bond donors (Lipinski definition) is 2. The van der Waals surface area contributed by atoms with Gasteiger partial charge in [-0.15, -0.1) is 0 Å². The van der Waals surface area contributed by atoms with Gasteiger partial charge in [-0.1, -0.05) is 13.3 Å². The molecule has 0 saturated heterocycles. The molecule has 2 N–H and O–H groups in total. The van der Waals surface area contributed by atoms with E-state index in [2.05, 4.69) is 17.3 Å². The topological polar surface area (TPSA) is 50.1 Å². The highest BCUT2D eigenvalue weighted by Gasteiger charge is 2.06. The molecule has 0 aromatic carbocycles. The van der Waals surface area contributed by atoms with Crippen molar-refractivity contribution < 1.29 is 5.11 Å². The van der Waals surface area contributed by atoms with Crippen molar-refractivity contribution in [3.05, 3.63) is 18.0 Å². The van der Waals surface area contributed by atoms with Gasteiger partial charge in [0.25, 0.3) is 0 Å². The Hall–Kier alpha value is -0.870. The number of nitrogens with zero attached hydrogens (tertiary/aromatic N) is 2. The average molecular weight is 225 g/mol. The maximum Gasteiger partial charge on any atom is 0.0534 e. The fourth-order valence-corrected chi connectivity index (χ4v) is 1.92. The zero-order chi connectivity index (χ0) is 11.8. The summed E-state index contributed by atoms with van der Waals surface area (Å²) in [6.07, 6.45) is 7.16. The summed E-state index contributed by atoms with van der Waals surface area (Å²) in [6, 6.07) is 0. The van der Waals surface area contributed by atoms with Gasteiger partial charge < -0.3 is 10.4 Å². The lowest BCUT2D eigenvalue weighted by Crippen LogP contribution is -2.23. The van der Waals surface area contributed by atoms with Gasteiger partial charge in [0.05, 0.1) is 6.20 Å². The Kier molecular flexibility index (Phi) is 6.11. The minimum absolute atomic E-state index is 0.291. The van der Waals surface area contributed by atoms with Gasteiger partial charge >= 0.3 is 0 Å². The predicted molar refractivity (Wildman–Crippen MR) is 65.0 cm³/mol. The molecule has 0 aliphatic heterocycles. The molecular formula is C12H23N3O. The molecule has 0 aliphatic carbocycles. The smallest absolute Gasteiger partial charge is 0.0534 e. The molecule has 4 nitrogen and oxygen atoms in total. The Morgan fingerprint density at radius 2 is 2.31 bits per heavy atom. The summed E-state index contributed by atoms with van der Waals surface area (Å²) >= 11 is 0. The van der Waals surface area contributed by atoms with Crippen LogP contribution in [0.4, 0.5) is 0 Å². The molecule has 1 rings (SSSR count). The minimum Gasteiger partial charge on any atom is -0.396 e. The Morgan fingerprint density at radius 3 is 2.88 bits per heavy atom. The summed E-state index contributed by atoms with van der Waals surface area (Å²) < 4.78 is 1.81. The second-order valence-corrected chi connectivity index (χ2v) is 4.32. The molecule has 1 aromatic heterocycles. The summed E-state index contributed by atoms with van der Waals surface area (Å²) in [4.78, 5) is 0. The number of aliphatic hydroxyl groups excluding tert-OH is 1. The third-order valence-corrected chi connectivity index (χ3v) is 2.75. The maximum atomic E-state index is 8.94. The lowest BCUT2D eigenvalue weighted by molar-refractivity contribution is 0.248. The number of aryl methyl sites for hydroxylation is 1. The number of nitrogens with one attached hydrogen (secondary N) is 1. The van der Waals surface area contributed by atoms with Gasteiger partial charge in [0.1, 0.15) is 0 Å². The zero-order valence-corrected chi connectivity index (χ0v) is 10.3. The number of aromatic nitrogens is 2. The van der Waals surface area contributed by atoms with Crippen molar-refractivity contribution in [3.63, 3.8) is 0 Å². The molecule has 92 valence electrons. The lowest BCUT2D eigenvalue weighted by atomic mass is 10.0. The van der Waals surface area contributed by atoms with E-state index < -0.39 is 0 Å². The molecule has 4 heteroatoms. The second-order valence-electron chi connectivity index (χ2n) is 4.32. The highest BCUT2D eigenvalue weighted by molar-refractivity contribution is 5.02. The van der Waals surface area contributed by atoms with Crippen LogP contribution in [0, 0.1) is 5.92 Å². The van der Waals surface area contributed by atoms with Crippen molar-refractivity contribution in [1.29, 1.82) is 0 Å². The van der Waals surface area contributed by atoms with E-state index in [0.29, 0.717) is 12.5 Å². The van der Waals surface area contributed by atoms with Gasteiger partial charge in [-0.25, -0.2) is 0 Å². The van der Waals surface area contributed by atoms with E-state index in [9.17, 15) is 0 Å². The first-order chi connectivity index (χ1) is 7.76. The van der Waals surface area contributed by atoms with E-state index >= 15 is 0 Å². The molecule has 0 amide bonds. The molecule has 0 aliphatic rings. The molecule has 1 unspecified atom stereocenters. The summed E-state index contributed by atoms with van der Waals surface area (Å²) in [5, 5.41) is 16.5. The molecule has 0 radical (unpaired) electrons. The monoisotopic (exact) mass is 225 g/mol. The van der Waals surface area contributed by atoms with Crippen LogP contribution in [-0.2, 0) is 13.6 Å². The highest BCUT2D eigenvalue weighted by Crippen LogP contribution is 2.09. The Bertz CT molecular complexity index is 280. The lowest BCUT2D eigenvalue weighted by Gasteiger charge is -2.15. The predicted octanol–water partition coefficient (Wildman–Crippen LogP) is 1.31. The van der Waals surface area contributed by atoms with Crippen LogP contribution in [0.3, 0.4) is 0 Å². The largest absolute Gasteiger partial charge is 0.396 e. The Balaban J connectivity index is 2.21. The van der Waals surface area contributed by atoms with Gasteiger partial charge in [0.2, 0.25) is 0 Å². The van der Waals surface area contributed by atoms with Gasteiger partial charge in [-0.3, -0.25) is 4.68 Å². The minimum atomic E-state index is 0.291. The first-order valence-corrected chi connectivity index (χ1v) is 6.05. The number of rotatable bonds is 8. The van der Waals surface area contributed by atoms with Crippen LogP contribution in [0.15, 0.2) is 12.4 Å². The number of hydrogen-bond acceptors (Lipinski definition) is 3. The van der Waals surface area contributed by atoms with Crippen LogP contribution < -0.4 is 5.32 Å². The van der Waals surface area contributed by atoms with Gasteiger partial charge in [0, 0.05) is 32.0 Å². The van der Waals surface area contributed by atoms with Crippen molar-refractivity contribution in [3.8, 4) is 0 Å². The molecule has 0 bridgehead atoms. The summed E-state index contributed by atoms with van der Waals surface area (Å²) in [5.74, 6) is 0.590. The molecular weight excluding hydrogens is 202 g/mol. The third kappa shape index (κ3) is 4.77. The molecule has 1 heterocycles. The normalized spacial score (nSPS) is 12.9. The van der Waals surface area contributed by atoms with E-state index in [1.807, 2.05) is 24.1 Å². The second kappa shape index (κ2) is 7.41. The van der Waals surface area contributed by atoms with Crippen LogP contribution in [0.1, 0.15) is 31.7 Å². The third-order valence-electron chi connectivity index (χ3n) is 2.75. The average Bonchev–Trinajstić information content (AvgIpc) is 2.65. The first kappa shape index (κ1) is 13.2. The SMILES string of the molecule is CCCC(CCO)CNCc1cnn(C)c1. The Labute approximate surface area is 97.7 Å². The van der Waals surface area contributed by atoms with Crippen LogP contribution in [0.2, 0.25) is 0 Å². The van der Waals surface area contributed by atoms with Crippen LogP contribution >= 0.6 is 0 Å². The van der Waals surface area contributed by atoms with Crippen LogP contribution in [-0.4, -0.2) is 28.0 Å². The van der Waals surface area contributed by atoms with E-state index in [4.69, 9.17) is 5.11 Å². The molecule has 1 aromatic rings. The van der Waals surface area contributed by atoms with Crippen LogP contribution in [0.25, 0.3) is 0 Å².